The van der Waals surface area contributed by atoms with Gasteiger partial charge in [-0.15, -0.1) is 0 Å². The van der Waals surface area contributed by atoms with Crippen LogP contribution in [0.15, 0.2) is 54.6 Å². The Morgan fingerprint density at radius 3 is 2.33 bits per heavy atom. The highest BCUT2D eigenvalue weighted by atomic mass is 35.5. The molecule has 1 aliphatic heterocycles. The fraction of sp³-hybridized carbons (Fsp3) is 0.400. The summed E-state index contributed by atoms with van der Waals surface area (Å²) in [4.78, 5) is 16.8. The summed E-state index contributed by atoms with van der Waals surface area (Å²) in [5.74, 6) is -0.245. The van der Waals surface area contributed by atoms with Crippen molar-refractivity contribution in [1.82, 2.24) is 9.80 Å². The smallest absolute Gasteiger partial charge is 0.338 e. The summed E-state index contributed by atoms with van der Waals surface area (Å²) in [6.07, 6.45) is 6.57. The number of carbonyl (C=O) groups is 1. The second-order valence-electron chi connectivity index (χ2n) is 7.62. The number of hydrogen-bond acceptors (Lipinski definition) is 4. The highest BCUT2D eigenvalue weighted by Gasteiger charge is 2.15. The summed E-state index contributed by atoms with van der Waals surface area (Å²) < 4.78 is 5.03. The van der Waals surface area contributed by atoms with Gasteiger partial charge in [-0.05, 0) is 61.7 Å². The maximum Gasteiger partial charge on any atom is 0.338 e. The number of piperazine rings is 1. The SMILES string of the molecule is CCOC(=O)c1ccc(CCCN2CCN(C/C=C/c3ccc(Cl)cc3)CC2)cc1. The van der Waals surface area contributed by atoms with E-state index in [0.717, 1.165) is 57.1 Å². The molecule has 0 aliphatic carbocycles. The molecule has 0 unspecified atom stereocenters. The first-order valence-electron chi connectivity index (χ1n) is 10.8. The summed E-state index contributed by atoms with van der Waals surface area (Å²) >= 11 is 5.93. The van der Waals surface area contributed by atoms with Crippen molar-refractivity contribution >= 4 is 23.6 Å². The summed E-state index contributed by atoms with van der Waals surface area (Å²) in [6, 6.07) is 15.7. The number of esters is 1. The molecule has 30 heavy (non-hydrogen) atoms. The van der Waals surface area contributed by atoms with Crippen LogP contribution in [0.5, 0.6) is 0 Å². The molecular formula is C25H31ClN2O2. The molecular weight excluding hydrogens is 396 g/mol. The van der Waals surface area contributed by atoms with E-state index in [1.807, 2.05) is 55.5 Å². The predicted molar refractivity (Wildman–Crippen MR) is 124 cm³/mol. The fourth-order valence-electron chi connectivity index (χ4n) is 3.64. The zero-order valence-corrected chi connectivity index (χ0v) is 18.5. The molecule has 1 saturated heterocycles. The lowest BCUT2D eigenvalue weighted by Gasteiger charge is -2.34. The highest BCUT2D eigenvalue weighted by Crippen LogP contribution is 2.12. The summed E-state index contributed by atoms with van der Waals surface area (Å²) in [5.41, 5.74) is 3.09. The maximum absolute atomic E-state index is 11.7. The first-order valence-corrected chi connectivity index (χ1v) is 11.1. The number of benzene rings is 2. The number of carbonyl (C=O) groups excluding carboxylic acids is 1. The van der Waals surface area contributed by atoms with E-state index in [2.05, 4.69) is 22.0 Å². The van der Waals surface area contributed by atoms with Crippen LogP contribution in [0, 0.1) is 0 Å². The number of nitrogens with zero attached hydrogens (tertiary/aromatic N) is 2. The zero-order valence-electron chi connectivity index (χ0n) is 17.7. The van der Waals surface area contributed by atoms with Gasteiger partial charge in [0.15, 0.2) is 0 Å². The molecule has 1 aliphatic rings. The Bertz CT molecular complexity index is 810. The Hall–Kier alpha value is -2.14. The van der Waals surface area contributed by atoms with Gasteiger partial charge in [0.2, 0.25) is 0 Å². The van der Waals surface area contributed by atoms with Gasteiger partial charge in [0.1, 0.15) is 0 Å². The van der Waals surface area contributed by atoms with Gasteiger partial charge in [-0.25, -0.2) is 4.79 Å². The Labute approximate surface area is 185 Å². The van der Waals surface area contributed by atoms with Crippen LogP contribution in [0.25, 0.3) is 6.08 Å². The van der Waals surface area contributed by atoms with Gasteiger partial charge in [-0.3, -0.25) is 4.90 Å². The van der Waals surface area contributed by atoms with Crippen LogP contribution in [-0.2, 0) is 11.2 Å². The van der Waals surface area contributed by atoms with Gasteiger partial charge in [0.25, 0.3) is 0 Å². The molecule has 1 heterocycles. The third-order valence-electron chi connectivity index (χ3n) is 5.41. The van der Waals surface area contributed by atoms with Gasteiger partial charge in [0, 0.05) is 37.7 Å². The van der Waals surface area contributed by atoms with Crippen molar-refractivity contribution in [2.24, 2.45) is 0 Å². The van der Waals surface area contributed by atoms with Crippen molar-refractivity contribution in [3.8, 4) is 0 Å². The molecule has 0 saturated carbocycles. The topological polar surface area (TPSA) is 32.8 Å². The molecule has 0 spiro atoms. The lowest BCUT2D eigenvalue weighted by molar-refractivity contribution is 0.0526. The third kappa shape index (κ3) is 7.28. The van der Waals surface area contributed by atoms with Crippen molar-refractivity contribution in [2.45, 2.75) is 19.8 Å². The van der Waals surface area contributed by atoms with Crippen LogP contribution < -0.4 is 0 Å². The fourth-order valence-corrected chi connectivity index (χ4v) is 3.76. The number of ether oxygens (including phenoxy) is 1. The second-order valence-corrected chi connectivity index (χ2v) is 8.05. The standard InChI is InChI=1S/C25H31ClN2O2/c1-2-30-25(29)23-11-7-21(8-12-23)5-3-15-27-17-19-28(20-18-27)16-4-6-22-9-13-24(26)14-10-22/h4,6-14H,2-3,5,15-20H2,1H3/b6-4+. The summed E-state index contributed by atoms with van der Waals surface area (Å²) in [5, 5.41) is 0.775. The van der Waals surface area contributed by atoms with Crippen molar-refractivity contribution in [1.29, 1.82) is 0 Å². The number of hydrogen-bond donors (Lipinski definition) is 0. The van der Waals surface area contributed by atoms with Crippen LogP contribution in [0.2, 0.25) is 5.02 Å². The lowest BCUT2D eigenvalue weighted by Crippen LogP contribution is -2.46. The molecule has 0 N–H and O–H groups in total. The highest BCUT2D eigenvalue weighted by molar-refractivity contribution is 6.30. The van der Waals surface area contributed by atoms with Crippen molar-refractivity contribution < 1.29 is 9.53 Å². The second kappa shape index (κ2) is 11.9. The van der Waals surface area contributed by atoms with Gasteiger partial charge in [-0.1, -0.05) is 48.0 Å². The summed E-state index contributed by atoms with van der Waals surface area (Å²) in [7, 11) is 0. The van der Waals surface area contributed by atoms with E-state index < -0.39 is 0 Å². The molecule has 0 amide bonds. The van der Waals surface area contributed by atoms with E-state index in [9.17, 15) is 4.79 Å². The van der Waals surface area contributed by atoms with Crippen LogP contribution in [0.4, 0.5) is 0 Å². The molecule has 2 aromatic carbocycles. The minimum Gasteiger partial charge on any atom is -0.462 e. The third-order valence-corrected chi connectivity index (χ3v) is 5.67. The predicted octanol–water partition coefficient (Wildman–Crippen LogP) is 4.78. The van der Waals surface area contributed by atoms with E-state index in [1.54, 1.807) is 0 Å². The Balaban J connectivity index is 1.32. The number of halogens is 1. The normalized spacial score (nSPS) is 15.5. The minimum atomic E-state index is -0.245. The van der Waals surface area contributed by atoms with E-state index in [-0.39, 0.29) is 5.97 Å². The average molecular weight is 427 g/mol. The van der Waals surface area contributed by atoms with Crippen molar-refractivity contribution in [2.75, 3.05) is 45.9 Å². The van der Waals surface area contributed by atoms with Crippen LogP contribution in [0.3, 0.4) is 0 Å². The quantitative estimate of drug-likeness (QED) is 0.540. The number of aryl methyl sites for hydroxylation is 1. The van der Waals surface area contributed by atoms with Gasteiger partial charge >= 0.3 is 5.97 Å². The molecule has 0 atom stereocenters. The molecule has 0 aromatic heterocycles. The van der Waals surface area contributed by atoms with E-state index in [1.165, 1.54) is 11.1 Å². The Morgan fingerprint density at radius 2 is 1.67 bits per heavy atom. The van der Waals surface area contributed by atoms with Crippen molar-refractivity contribution in [3.63, 3.8) is 0 Å². The minimum absolute atomic E-state index is 0.245. The molecule has 160 valence electrons. The Kier molecular flexibility index (Phi) is 8.94. The first kappa shape index (κ1) is 22.5. The summed E-state index contributed by atoms with van der Waals surface area (Å²) in [6.45, 7) is 8.81. The largest absolute Gasteiger partial charge is 0.462 e. The molecule has 0 bridgehead atoms. The average Bonchev–Trinajstić information content (AvgIpc) is 2.77. The lowest BCUT2D eigenvalue weighted by atomic mass is 10.1. The van der Waals surface area contributed by atoms with Gasteiger partial charge < -0.3 is 9.64 Å². The molecule has 2 aromatic rings. The van der Waals surface area contributed by atoms with E-state index in [4.69, 9.17) is 16.3 Å². The van der Waals surface area contributed by atoms with E-state index in [0.29, 0.717) is 12.2 Å². The van der Waals surface area contributed by atoms with Gasteiger partial charge in [-0.2, -0.15) is 0 Å². The maximum atomic E-state index is 11.7. The van der Waals surface area contributed by atoms with Gasteiger partial charge in [0.05, 0.1) is 12.2 Å². The first-order chi connectivity index (χ1) is 14.6. The van der Waals surface area contributed by atoms with Crippen LogP contribution in [-0.4, -0.2) is 61.6 Å². The van der Waals surface area contributed by atoms with Crippen molar-refractivity contribution in [3.05, 3.63) is 76.3 Å². The van der Waals surface area contributed by atoms with Crippen LogP contribution in [0.1, 0.15) is 34.8 Å². The Morgan fingerprint density at radius 1 is 1.00 bits per heavy atom. The molecule has 4 nitrogen and oxygen atoms in total. The molecule has 1 fully saturated rings. The monoisotopic (exact) mass is 426 g/mol. The molecule has 0 radical (unpaired) electrons. The molecule has 5 heteroatoms. The zero-order chi connectivity index (χ0) is 21.2. The number of rotatable bonds is 9. The van der Waals surface area contributed by atoms with Crippen LogP contribution >= 0.6 is 11.6 Å². The van der Waals surface area contributed by atoms with E-state index >= 15 is 0 Å². The molecule has 3 rings (SSSR count).